The van der Waals surface area contributed by atoms with Gasteiger partial charge < -0.3 is 9.64 Å². The number of benzene rings is 1. The minimum Gasteiger partial charge on any atom is -0.493 e. The van der Waals surface area contributed by atoms with Gasteiger partial charge in [-0.3, -0.25) is 4.98 Å². The summed E-state index contributed by atoms with van der Waals surface area (Å²) in [6, 6.07) is 6.40. The van der Waals surface area contributed by atoms with Crippen LogP contribution in [-0.4, -0.2) is 74.8 Å². The predicted octanol–water partition coefficient (Wildman–Crippen LogP) is 2.05. The number of ether oxygens (including phenoxy) is 1. The van der Waals surface area contributed by atoms with Crippen LogP contribution in [0.2, 0.25) is 0 Å². The number of fused-ring (bicyclic) bond motifs is 1. The quantitative estimate of drug-likeness (QED) is 0.357. The van der Waals surface area contributed by atoms with Crippen molar-refractivity contribution in [3.63, 3.8) is 0 Å². The van der Waals surface area contributed by atoms with Gasteiger partial charge in [-0.15, -0.1) is 0 Å². The Labute approximate surface area is 220 Å². The van der Waals surface area contributed by atoms with Gasteiger partial charge >= 0.3 is 5.69 Å². The van der Waals surface area contributed by atoms with Gasteiger partial charge in [-0.2, -0.15) is 4.31 Å². The van der Waals surface area contributed by atoms with E-state index in [0.29, 0.717) is 67.9 Å². The zero-order chi connectivity index (χ0) is 26.9. The van der Waals surface area contributed by atoms with Crippen molar-refractivity contribution in [3.8, 4) is 17.1 Å². The lowest BCUT2D eigenvalue weighted by molar-refractivity contribution is 0.341. The Hall–Kier alpha value is -3.84. The van der Waals surface area contributed by atoms with E-state index in [-0.39, 0.29) is 10.7 Å². The Morgan fingerprint density at radius 2 is 1.79 bits per heavy atom. The summed E-state index contributed by atoms with van der Waals surface area (Å²) in [5.41, 5.74) is 1.18. The molecule has 4 heterocycles. The van der Waals surface area contributed by atoms with Crippen LogP contribution in [0, 0.1) is 6.92 Å². The number of anilines is 1. The topological polar surface area (TPSA) is 139 Å². The smallest absolute Gasteiger partial charge is 0.334 e. The van der Waals surface area contributed by atoms with Gasteiger partial charge in [0.1, 0.15) is 17.4 Å². The summed E-state index contributed by atoms with van der Waals surface area (Å²) in [6.07, 6.45) is 4.84. The van der Waals surface area contributed by atoms with E-state index in [2.05, 4.69) is 19.9 Å². The zero-order valence-corrected chi connectivity index (χ0v) is 22.4. The molecule has 13 heteroatoms. The van der Waals surface area contributed by atoms with Crippen LogP contribution in [0.25, 0.3) is 17.0 Å². The fourth-order valence-electron chi connectivity index (χ4n) is 4.63. The van der Waals surface area contributed by atoms with Crippen LogP contribution in [0.15, 0.2) is 46.3 Å². The Bertz CT molecular complexity index is 1610. The van der Waals surface area contributed by atoms with Crippen LogP contribution in [0.5, 0.6) is 5.75 Å². The summed E-state index contributed by atoms with van der Waals surface area (Å²) < 4.78 is 35.9. The van der Waals surface area contributed by atoms with Crippen molar-refractivity contribution in [1.82, 2.24) is 33.6 Å². The number of H-pyrrole nitrogens is 1. The van der Waals surface area contributed by atoms with Gasteiger partial charge in [0, 0.05) is 38.6 Å². The van der Waals surface area contributed by atoms with Crippen molar-refractivity contribution in [2.75, 3.05) is 37.7 Å². The normalized spacial score (nSPS) is 14.8. The molecule has 0 atom stereocenters. The molecule has 12 nitrogen and oxygen atoms in total. The van der Waals surface area contributed by atoms with Gasteiger partial charge in [-0.25, -0.2) is 37.5 Å². The summed E-state index contributed by atoms with van der Waals surface area (Å²) in [5, 5.41) is 0. The first-order chi connectivity index (χ1) is 18.3. The first-order valence-corrected chi connectivity index (χ1v) is 14.0. The third-order valence-corrected chi connectivity index (χ3v) is 8.34. The summed E-state index contributed by atoms with van der Waals surface area (Å²) in [6.45, 7) is 7.51. The van der Waals surface area contributed by atoms with Crippen LogP contribution in [0.4, 0.5) is 5.95 Å². The van der Waals surface area contributed by atoms with E-state index in [1.54, 1.807) is 31.5 Å². The first kappa shape index (κ1) is 25.8. The highest BCUT2D eigenvalue weighted by Gasteiger charge is 2.30. The molecular formula is C25H30N8O4S. The van der Waals surface area contributed by atoms with E-state index in [1.165, 1.54) is 20.8 Å². The van der Waals surface area contributed by atoms with Crippen molar-refractivity contribution in [2.45, 2.75) is 38.5 Å². The fraction of sp³-hybridized carbons (Fsp3) is 0.400. The summed E-state index contributed by atoms with van der Waals surface area (Å²) in [4.78, 5) is 35.6. The number of aromatic amines is 1. The van der Waals surface area contributed by atoms with Gasteiger partial charge in [-0.1, -0.05) is 13.3 Å². The summed E-state index contributed by atoms with van der Waals surface area (Å²) >= 11 is 0. The van der Waals surface area contributed by atoms with E-state index >= 15 is 0 Å². The molecule has 0 amide bonds. The maximum absolute atomic E-state index is 13.6. The first-order valence-electron chi connectivity index (χ1n) is 12.6. The van der Waals surface area contributed by atoms with Gasteiger partial charge in [0.2, 0.25) is 16.0 Å². The Kier molecular flexibility index (Phi) is 7.13. The number of rotatable bonds is 8. The predicted molar refractivity (Wildman–Crippen MR) is 142 cm³/mol. The molecule has 1 N–H and O–H groups in total. The van der Waals surface area contributed by atoms with E-state index < -0.39 is 15.7 Å². The minimum atomic E-state index is -3.82. The SMILES string of the molecule is CCCc1nc(C)n2c(=O)[nH]c(-c3cc(S(=O)(=O)N4CCN(c5ncccn5)CC4)ccc3OCC)nc12. The molecule has 3 aromatic heterocycles. The summed E-state index contributed by atoms with van der Waals surface area (Å²) in [7, 11) is -3.82. The molecule has 0 bridgehead atoms. The van der Waals surface area contributed by atoms with Gasteiger partial charge in [0.25, 0.3) is 0 Å². The van der Waals surface area contributed by atoms with Crippen LogP contribution in [0.1, 0.15) is 31.8 Å². The molecule has 1 aliphatic heterocycles. The monoisotopic (exact) mass is 538 g/mol. The van der Waals surface area contributed by atoms with E-state index in [1.807, 2.05) is 18.7 Å². The molecule has 0 unspecified atom stereocenters. The number of aromatic nitrogens is 6. The lowest BCUT2D eigenvalue weighted by Crippen LogP contribution is -2.49. The Morgan fingerprint density at radius 1 is 1.05 bits per heavy atom. The standard InChI is InChI=1S/C25H30N8O4S/c1-4-7-20-23-29-22(30-25(34)33(23)17(3)28-20)19-16-18(8-9-21(19)37-5-2)38(35,36)32-14-12-31(13-15-32)24-26-10-6-11-27-24/h6,8-11,16H,4-5,7,12-15H2,1-3H3,(H,29,30,34). The maximum atomic E-state index is 13.6. The summed E-state index contributed by atoms with van der Waals surface area (Å²) in [5.74, 6) is 1.78. The average Bonchev–Trinajstić information content (AvgIpc) is 3.25. The number of nitrogens with one attached hydrogen (secondary N) is 1. The van der Waals surface area contributed by atoms with E-state index in [9.17, 15) is 13.2 Å². The molecule has 200 valence electrons. The highest BCUT2D eigenvalue weighted by molar-refractivity contribution is 7.89. The molecule has 5 rings (SSSR count). The Morgan fingerprint density at radius 3 is 2.47 bits per heavy atom. The van der Waals surface area contributed by atoms with Crippen molar-refractivity contribution in [2.24, 2.45) is 0 Å². The number of hydrogen-bond donors (Lipinski definition) is 1. The molecule has 1 saturated heterocycles. The van der Waals surface area contributed by atoms with Gasteiger partial charge in [-0.05, 0) is 44.5 Å². The molecule has 4 aromatic rings. The van der Waals surface area contributed by atoms with Gasteiger partial charge in [0.05, 0.1) is 22.8 Å². The van der Waals surface area contributed by atoms with Crippen molar-refractivity contribution < 1.29 is 13.2 Å². The number of nitrogens with zero attached hydrogens (tertiary/aromatic N) is 7. The molecule has 38 heavy (non-hydrogen) atoms. The van der Waals surface area contributed by atoms with E-state index in [4.69, 9.17) is 9.72 Å². The second-order valence-electron chi connectivity index (χ2n) is 8.94. The zero-order valence-electron chi connectivity index (χ0n) is 21.6. The highest BCUT2D eigenvalue weighted by Crippen LogP contribution is 2.32. The maximum Gasteiger partial charge on any atom is 0.334 e. The molecule has 1 aliphatic rings. The number of piperazine rings is 1. The molecule has 1 fully saturated rings. The number of sulfonamides is 1. The third-order valence-electron chi connectivity index (χ3n) is 6.44. The second-order valence-corrected chi connectivity index (χ2v) is 10.9. The van der Waals surface area contributed by atoms with E-state index in [0.717, 1.165) is 12.1 Å². The molecule has 0 aliphatic carbocycles. The second kappa shape index (κ2) is 10.5. The van der Waals surface area contributed by atoms with Crippen LogP contribution in [-0.2, 0) is 16.4 Å². The minimum absolute atomic E-state index is 0.0985. The molecule has 1 aromatic carbocycles. The molecule has 0 saturated carbocycles. The largest absolute Gasteiger partial charge is 0.493 e. The number of imidazole rings is 1. The lowest BCUT2D eigenvalue weighted by Gasteiger charge is -2.34. The molecule has 0 spiro atoms. The third kappa shape index (κ3) is 4.74. The number of aryl methyl sites for hydroxylation is 2. The lowest BCUT2D eigenvalue weighted by atomic mass is 10.2. The van der Waals surface area contributed by atoms with Crippen LogP contribution < -0.4 is 15.3 Å². The highest BCUT2D eigenvalue weighted by atomic mass is 32.2. The Balaban J connectivity index is 1.51. The van der Waals surface area contributed by atoms with Crippen LogP contribution >= 0.6 is 0 Å². The van der Waals surface area contributed by atoms with Crippen molar-refractivity contribution >= 4 is 21.6 Å². The van der Waals surface area contributed by atoms with Crippen molar-refractivity contribution in [1.29, 1.82) is 0 Å². The fourth-order valence-corrected chi connectivity index (χ4v) is 6.08. The van der Waals surface area contributed by atoms with Gasteiger partial charge in [0.15, 0.2) is 5.65 Å². The average molecular weight is 539 g/mol. The van der Waals surface area contributed by atoms with Crippen LogP contribution in [0.3, 0.4) is 0 Å². The molecule has 0 radical (unpaired) electrons. The molecular weight excluding hydrogens is 508 g/mol. The van der Waals surface area contributed by atoms with Crippen molar-refractivity contribution in [3.05, 3.63) is 58.7 Å². The number of hydrogen-bond acceptors (Lipinski definition) is 9.